The molecule has 5 atom stereocenters. The predicted octanol–water partition coefficient (Wildman–Crippen LogP) is 1.83. The molecule has 0 spiro atoms. The molecule has 11 nitrogen and oxygen atoms in total. The number of amides is 1. The second kappa shape index (κ2) is 18.4. The molecule has 6 N–H and O–H groups in total. The maximum absolute atomic E-state index is 11.6. The number of aliphatic imine (C=N–C) groups is 1. The van der Waals surface area contributed by atoms with Gasteiger partial charge < -0.3 is 30.6 Å². The summed E-state index contributed by atoms with van der Waals surface area (Å²) in [5, 5.41) is 43.4. The van der Waals surface area contributed by atoms with Gasteiger partial charge in [-0.05, 0) is 42.7 Å². The average molecular weight is 607 g/mol. The monoisotopic (exact) mass is 606 g/mol. The SMILES string of the molecule is C=CC(/C=C/c1ccc(N2CCC(O)C(O)C2)cc1)=C\C=NC[C@@H](C)NC(CSSCC(NC=O)C(=O)O)C(=O)O. The molecule has 224 valence electrons. The molecule has 0 bridgehead atoms. The lowest BCUT2D eigenvalue weighted by molar-refractivity contribution is -0.140. The van der Waals surface area contributed by atoms with Crippen LogP contribution >= 0.6 is 21.6 Å². The number of piperidine rings is 1. The highest BCUT2D eigenvalue weighted by Gasteiger charge is 2.26. The lowest BCUT2D eigenvalue weighted by atomic mass is 10.0. The van der Waals surface area contributed by atoms with Gasteiger partial charge in [-0.3, -0.25) is 19.9 Å². The largest absolute Gasteiger partial charge is 0.480 e. The van der Waals surface area contributed by atoms with Crippen LogP contribution in [0.25, 0.3) is 6.08 Å². The predicted molar refractivity (Wildman–Crippen MR) is 166 cm³/mol. The van der Waals surface area contributed by atoms with Gasteiger partial charge in [0, 0.05) is 42.5 Å². The van der Waals surface area contributed by atoms with Crippen LogP contribution in [-0.2, 0) is 14.4 Å². The number of allylic oxidation sites excluding steroid dienone is 4. The van der Waals surface area contributed by atoms with Gasteiger partial charge >= 0.3 is 11.9 Å². The van der Waals surface area contributed by atoms with Crippen LogP contribution in [0, 0.1) is 0 Å². The van der Waals surface area contributed by atoms with Crippen molar-refractivity contribution in [2.45, 2.75) is 43.7 Å². The molecule has 1 saturated heterocycles. The van der Waals surface area contributed by atoms with Crippen LogP contribution in [0.1, 0.15) is 18.9 Å². The number of nitrogens with zero attached hydrogens (tertiary/aromatic N) is 2. The average Bonchev–Trinajstić information content (AvgIpc) is 2.95. The number of hydrogen-bond acceptors (Lipinski definition) is 10. The van der Waals surface area contributed by atoms with E-state index >= 15 is 0 Å². The summed E-state index contributed by atoms with van der Waals surface area (Å²) in [6.07, 6.45) is 8.45. The van der Waals surface area contributed by atoms with Crippen molar-refractivity contribution in [3.05, 3.63) is 60.2 Å². The van der Waals surface area contributed by atoms with Crippen LogP contribution in [0.4, 0.5) is 5.69 Å². The van der Waals surface area contributed by atoms with Crippen LogP contribution in [0.15, 0.2) is 59.6 Å². The molecule has 41 heavy (non-hydrogen) atoms. The first-order chi connectivity index (χ1) is 19.6. The standard InChI is InChI=1S/C28H38N4O7S2/c1-3-20(4-5-21-6-8-22(9-7-21)32-13-11-25(34)26(35)15-32)10-12-29-14-19(2)31-24(28(38)39)17-41-40-16-23(27(36)37)30-18-33/h3-10,12,18-19,23-26,31,34-35H,1,11,13-17H2,2H3,(H,30,33)(H,36,37)(H,38,39)/b5-4+,20-10+,29-12?/t19-,23?,24?,25?,26?/m1/s1. The molecular weight excluding hydrogens is 568 g/mol. The molecule has 1 heterocycles. The van der Waals surface area contributed by atoms with Crippen molar-refractivity contribution in [2.24, 2.45) is 4.99 Å². The second-order valence-corrected chi connectivity index (χ2v) is 11.9. The number of carboxylic acids is 2. The zero-order valence-electron chi connectivity index (χ0n) is 22.8. The molecule has 0 aromatic heterocycles. The molecule has 0 radical (unpaired) electrons. The first kappa shape index (κ1) is 34.1. The van der Waals surface area contributed by atoms with Gasteiger partial charge in [-0.2, -0.15) is 0 Å². The minimum atomic E-state index is -1.15. The molecule has 0 saturated carbocycles. The first-order valence-electron chi connectivity index (χ1n) is 13.0. The Morgan fingerprint density at radius 1 is 1.12 bits per heavy atom. The van der Waals surface area contributed by atoms with E-state index in [4.69, 9.17) is 5.11 Å². The normalized spacial score (nSPS) is 20.1. The Bertz CT molecular complexity index is 1100. The van der Waals surface area contributed by atoms with Crippen LogP contribution < -0.4 is 15.5 Å². The number of rotatable bonds is 18. The van der Waals surface area contributed by atoms with Gasteiger partial charge in [0.15, 0.2) is 0 Å². The van der Waals surface area contributed by atoms with Crippen molar-refractivity contribution in [3.8, 4) is 0 Å². The summed E-state index contributed by atoms with van der Waals surface area (Å²) in [5.41, 5.74) is 2.82. The molecule has 1 fully saturated rings. The molecule has 1 aromatic rings. The van der Waals surface area contributed by atoms with Crippen LogP contribution in [0.3, 0.4) is 0 Å². The van der Waals surface area contributed by atoms with E-state index < -0.39 is 36.2 Å². The maximum atomic E-state index is 11.6. The summed E-state index contributed by atoms with van der Waals surface area (Å²) in [6.45, 7) is 7.10. The fourth-order valence-corrected chi connectivity index (χ4v) is 6.12. The summed E-state index contributed by atoms with van der Waals surface area (Å²) in [7, 11) is 2.39. The summed E-state index contributed by atoms with van der Waals surface area (Å²) >= 11 is 0. The van der Waals surface area contributed by atoms with Gasteiger partial charge in [0.05, 0.1) is 18.8 Å². The van der Waals surface area contributed by atoms with E-state index in [0.717, 1.165) is 16.8 Å². The number of nitrogens with one attached hydrogen (secondary N) is 2. The topological polar surface area (TPSA) is 172 Å². The van der Waals surface area contributed by atoms with E-state index in [2.05, 4.69) is 27.1 Å². The molecule has 1 aromatic carbocycles. The number of carbonyl (C=O) groups excluding carboxylic acids is 1. The number of benzene rings is 1. The number of aliphatic carboxylic acids is 2. The molecule has 2 rings (SSSR count). The minimum absolute atomic E-state index is 0.109. The third-order valence-electron chi connectivity index (χ3n) is 6.16. The van der Waals surface area contributed by atoms with Gasteiger partial charge in [-0.15, -0.1) is 0 Å². The quantitative estimate of drug-likeness (QED) is 0.0473. The van der Waals surface area contributed by atoms with Gasteiger partial charge in [-0.25, -0.2) is 4.79 Å². The Morgan fingerprint density at radius 2 is 1.78 bits per heavy atom. The Morgan fingerprint density at radius 3 is 2.37 bits per heavy atom. The van der Waals surface area contributed by atoms with Crippen LogP contribution in [0.2, 0.25) is 0 Å². The highest BCUT2D eigenvalue weighted by molar-refractivity contribution is 8.76. The number of anilines is 1. The molecular formula is C28H38N4O7S2. The lowest BCUT2D eigenvalue weighted by Gasteiger charge is -2.35. The number of hydrogen-bond donors (Lipinski definition) is 6. The molecule has 13 heteroatoms. The van der Waals surface area contributed by atoms with Crippen LogP contribution in [0.5, 0.6) is 0 Å². The third-order valence-corrected chi connectivity index (χ3v) is 8.59. The highest BCUT2D eigenvalue weighted by Crippen LogP contribution is 2.23. The van der Waals surface area contributed by atoms with Crippen molar-refractivity contribution in [3.63, 3.8) is 0 Å². The minimum Gasteiger partial charge on any atom is -0.480 e. The summed E-state index contributed by atoms with van der Waals surface area (Å²) in [4.78, 5) is 39.6. The third kappa shape index (κ3) is 12.5. The lowest BCUT2D eigenvalue weighted by Crippen LogP contribution is -2.46. The molecule has 4 unspecified atom stereocenters. The Hall–Kier alpha value is -3.10. The smallest absolute Gasteiger partial charge is 0.327 e. The van der Waals surface area contributed by atoms with E-state index in [-0.39, 0.29) is 17.5 Å². The van der Waals surface area contributed by atoms with Crippen molar-refractivity contribution in [1.29, 1.82) is 0 Å². The zero-order valence-corrected chi connectivity index (χ0v) is 24.5. The van der Waals surface area contributed by atoms with Crippen molar-refractivity contribution >= 4 is 57.9 Å². The number of aliphatic hydroxyl groups is 2. The molecule has 1 amide bonds. The van der Waals surface area contributed by atoms with Gasteiger partial charge in [0.2, 0.25) is 6.41 Å². The van der Waals surface area contributed by atoms with Crippen molar-refractivity contribution in [1.82, 2.24) is 10.6 Å². The maximum Gasteiger partial charge on any atom is 0.327 e. The van der Waals surface area contributed by atoms with Crippen molar-refractivity contribution < 1.29 is 34.8 Å². The fraction of sp³-hybridized carbons (Fsp3) is 0.429. The van der Waals surface area contributed by atoms with E-state index in [0.29, 0.717) is 32.5 Å². The molecule has 1 aliphatic heterocycles. The Balaban J connectivity index is 1.81. The van der Waals surface area contributed by atoms with E-state index in [9.17, 15) is 29.7 Å². The van der Waals surface area contributed by atoms with Crippen LogP contribution in [-0.4, -0.2) is 106 Å². The van der Waals surface area contributed by atoms with E-state index in [1.54, 1.807) is 18.4 Å². The number of aliphatic hydroxyl groups excluding tert-OH is 2. The summed E-state index contributed by atoms with van der Waals surface area (Å²) < 4.78 is 0. The second-order valence-electron chi connectivity index (χ2n) is 9.38. The van der Waals surface area contributed by atoms with Gasteiger partial charge in [-0.1, -0.05) is 58.5 Å². The van der Waals surface area contributed by atoms with Gasteiger partial charge in [0.1, 0.15) is 12.1 Å². The Kier molecular flexibility index (Phi) is 15.3. The van der Waals surface area contributed by atoms with Gasteiger partial charge in [0.25, 0.3) is 0 Å². The number of carboxylic acid groups (broad SMARTS) is 2. The molecule has 0 aliphatic carbocycles. The Labute approximate surface area is 247 Å². The number of carbonyl (C=O) groups is 3. The summed E-state index contributed by atoms with van der Waals surface area (Å²) in [6, 6.07) is 5.82. The number of β-amino-alcohol motifs (C(OH)–C–C–N with tert-alkyl or cyclic N) is 1. The highest BCUT2D eigenvalue weighted by atomic mass is 33.1. The van der Waals surface area contributed by atoms with E-state index in [1.165, 1.54) is 21.6 Å². The molecule has 1 aliphatic rings. The zero-order chi connectivity index (χ0) is 30.2. The first-order valence-corrected chi connectivity index (χ1v) is 15.5. The fourth-order valence-electron chi connectivity index (χ4n) is 3.78. The van der Waals surface area contributed by atoms with Crippen molar-refractivity contribution in [2.75, 3.05) is 36.0 Å². The summed E-state index contributed by atoms with van der Waals surface area (Å²) in [5.74, 6) is -1.86. The van der Waals surface area contributed by atoms with E-state index in [1.807, 2.05) is 43.3 Å².